The molecule has 0 aromatic heterocycles. The Morgan fingerprint density at radius 2 is 1.84 bits per heavy atom. The molecule has 136 valence electrons. The molecule has 0 bridgehead atoms. The van der Waals surface area contributed by atoms with Gasteiger partial charge in [-0.05, 0) is 30.7 Å². The summed E-state index contributed by atoms with van der Waals surface area (Å²) in [6, 6.07) is 7.16. The highest BCUT2D eigenvalue weighted by atomic mass is 16.5. The van der Waals surface area contributed by atoms with E-state index >= 15 is 0 Å². The normalized spacial score (nSPS) is 22.9. The molecule has 1 heterocycles. The summed E-state index contributed by atoms with van der Waals surface area (Å²) in [6.07, 6.45) is 0.616. The van der Waals surface area contributed by atoms with Gasteiger partial charge in [0.2, 0.25) is 11.8 Å². The van der Waals surface area contributed by atoms with Crippen molar-refractivity contribution < 1.29 is 19.1 Å². The maximum Gasteiger partial charge on any atom is 0.228 e. The molecule has 1 aliphatic heterocycles. The minimum Gasteiger partial charge on any atom is -0.497 e. The fraction of sp³-hybridized carbons (Fsp3) is 0.556. The predicted molar refractivity (Wildman–Crippen MR) is 93.5 cm³/mol. The van der Waals surface area contributed by atoms with Gasteiger partial charge in [0, 0.05) is 31.9 Å². The van der Waals surface area contributed by atoms with Gasteiger partial charge in [0.15, 0.2) is 0 Å². The Morgan fingerprint density at radius 1 is 1.16 bits per heavy atom. The van der Waals surface area contributed by atoms with E-state index in [1.54, 1.807) is 31.4 Å². The minimum atomic E-state index is -0.231. The molecule has 2 N–H and O–H groups in total. The van der Waals surface area contributed by atoms with E-state index in [1.165, 1.54) is 0 Å². The molecule has 1 aromatic carbocycles. The van der Waals surface area contributed by atoms with E-state index in [0.717, 1.165) is 38.6 Å². The first kappa shape index (κ1) is 17.7. The molecule has 0 radical (unpaired) electrons. The first-order valence-electron chi connectivity index (χ1n) is 8.70. The van der Waals surface area contributed by atoms with Gasteiger partial charge < -0.3 is 20.1 Å². The highest BCUT2D eigenvalue weighted by molar-refractivity contribution is 5.99. The van der Waals surface area contributed by atoms with Crippen molar-refractivity contribution in [3.8, 4) is 5.75 Å². The molecule has 0 spiro atoms. The van der Waals surface area contributed by atoms with Crippen molar-refractivity contribution in [2.75, 3.05) is 51.8 Å². The number of carbonyl (C=O) groups is 2. The Balaban J connectivity index is 1.37. The SMILES string of the molecule is COc1ccc(NC(=O)C2CC2C(=O)NCCN2CCOCC2)cc1. The van der Waals surface area contributed by atoms with Gasteiger partial charge in [-0.25, -0.2) is 0 Å². The molecular weight excluding hydrogens is 322 g/mol. The van der Waals surface area contributed by atoms with E-state index in [4.69, 9.17) is 9.47 Å². The van der Waals surface area contributed by atoms with Crippen LogP contribution in [0.5, 0.6) is 5.75 Å². The summed E-state index contributed by atoms with van der Waals surface area (Å²) in [7, 11) is 1.60. The van der Waals surface area contributed by atoms with Crippen LogP contribution in [0.2, 0.25) is 0 Å². The summed E-state index contributed by atoms with van der Waals surface area (Å²) in [5, 5.41) is 5.79. The lowest BCUT2D eigenvalue weighted by atomic mass is 10.2. The maximum absolute atomic E-state index is 12.2. The number of hydrogen-bond donors (Lipinski definition) is 2. The molecule has 25 heavy (non-hydrogen) atoms. The van der Waals surface area contributed by atoms with E-state index in [-0.39, 0.29) is 23.7 Å². The molecule has 2 amide bonds. The van der Waals surface area contributed by atoms with Crippen molar-refractivity contribution in [3.63, 3.8) is 0 Å². The zero-order valence-electron chi connectivity index (χ0n) is 14.5. The van der Waals surface area contributed by atoms with Gasteiger partial charge >= 0.3 is 0 Å². The summed E-state index contributed by atoms with van der Waals surface area (Å²) < 4.78 is 10.4. The number of anilines is 1. The lowest BCUT2D eigenvalue weighted by Gasteiger charge is -2.26. The van der Waals surface area contributed by atoms with Crippen molar-refractivity contribution in [1.82, 2.24) is 10.2 Å². The average Bonchev–Trinajstić information content (AvgIpc) is 3.44. The lowest BCUT2D eigenvalue weighted by molar-refractivity contribution is -0.125. The number of morpholine rings is 1. The molecule has 3 rings (SSSR count). The Morgan fingerprint density at radius 3 is 2.52 bits per heavy atom. The molecule has 2 unspecified atom stereocenters. The van der Waals surface area contributed by atoms with Gasteiger partial charge in [0.25, 0.3) is 0 Å². The maximum atomic E-state index is 12.2. The fourth-order valence-corrected chi connectivity index (χ4v) is 2.98. The lowest BCUT2D eigenvalue weighted by Crippen LogP contribution is -2.41. The molecule has 7 nitrogen and oxygen atoms in total. The smallest absolute Gasteiger partial charge is 0.228 e. The molecule has 2 aliphatic rings. The number of nitrogens with one attached hydrogen (secondary N) is 2. The number of amides is 2. The van der Waals surface area contributed by atoms with E-state index < -0.39 is 0 Å². The van der Waals surface area contributed by atoms with Crippen molar-refractivity contribution in [3.05, 3.63) is 24.3 Å². The van der Waals surface area contributed by atoms with Gasteiger partial charge in [-0.1, -0.05) is 0 Å². The number of nitrogens with zero attached hydrogens (tertiary/aromatic N) is 1. The zero-order chi connectivity index (χ0) is 17.6. The molecule has 1 saturated heterocycles. The highest BCUT2D eigenvalue weighted by Crippen LogP contribution is 2.39. The van der Waals surface area contributed by atoms with E-state index in [0.29, 0.717) is 18.7 Å². The number of benzene rings is 1. The molecule has 1 saturated carbocycles. The number of carbonyl (C=O) groups excluding carboxylic acids is 2. The highest BCUT2D eigenvalue weighted by Gasteiger charge is 2.47. The summed E-state index contributed by atoms with van der Waals surface area (Å²) in [4.78, 5) is 26.6. The van der Waals surface area contributed by atoms with Crippen molar-refractivity contribution in [2.45, 2.75) is 6.42 Å². The molecule has 1 aliphatic carbocycles. The monoisotopic (exact) mass is 347 g/mol. The third kappa shape index (κ3) is 4.93. The molecule has 1 aromatic rings. The van der Waals surface area contributed by atoms with E-state index in [9.17, 15) is 9.59 Å². The summed E-state index contributed by atoms with van der Waals surface area (Å²) in [5.74, 6) is 0.178. The number of hydrogen-bond acceptors (Lipinski definition) is 5. The van der Waals surface area contributed by atoms with Crippen LogP contribution in [-0.2, 0) is 14.3 Å². The van der Waals surface area contributed by atoms with E-state index in [2.05, 4.69) is 15.5 Å². The fourth-order valence-electron chi connectivity index (χ4n) is 2.98. The van der Waals surface area contributed by atoms with Gasteiger partial charge in [0.1, 0.15) is 5.75 Å². The van der Waals surface area contributed by atoms with Gasteiger partial charge in [-0.2, -0.15) is 0 Å². The zero-order valence-corrected chi connectivity index (χ0v) is 14.5. The standard InChI is InChI=1S/C18H25N3O4/c1-24-14-4-2-13(3-5-14)20-18(23)16-12-15(16)17(22)19-6-7-21-8-10-25-11-9-21/h2-5,15-16H,6-12H2,1H3,(H,19,22)(H,20,23). The Labute approximate surface area is 147 Å². The third-order valence-corrected chi connectivity index (χ3v) is 4.65. The van der Waals surface area contributed by atoms with Crippen LogP contribution in [0.15, 0.2) is 24.3 Å². The van der Waals surface area contributed by atoms with Crippen LogP contribution < -0.4 is 15.4 Å². The number of ether oxygens (including phenoxy) is 2. The quantitative estimate of drug-likeness (QED) is 0.760. The number of rotatable bonds is 7. The molecular formula is C18H25N3O4. The second-order valence-electron chi connectivity index (χ2n) is 6.41. The largest absolute Gasteiger partial charge is 0.497 e. The van der Waals surface area contributed by atoms with Crippen LogP contribution in [0, 0.1) is 11.8 Å². The molecule has 7 heteroatoms. The molecule has 2 atom stereocenters. The van der Waals surface area contributed by atoms with Gasteiger partial charge in [-0.3, -0.25) is 14.5 Å². The summed E-state index contributed by atoms with van der Waals surface area (Å²) in [6.45, 7) is 4.76. The summed E-state index contributed by atoms with van der Waals surface area (Å²) >= 11 is 0. The second-order valence-corrected chi connectivity index (χ2v) is 6.41. The van der Waals surface area contributed by atoms with Crippen LogP contribution in [0.1, 0.15) is 6.42 Å². The minimum absolute atomic E-state index is 0.0249. The Hall–Kier alpha value is -2.12. The van der Waals surface area contributed by atoms with Gasteiger partial charge in [0.05, 0.1) is 32.2 Å². The van der Waals surface area contributed by atoms with Crippen LogP contribution in [0.4, 0.5) is 5.69 Å². The van der Waals surface area contributed by atoms with Crippen molar-refractivity contribution in [1.29, 1.82) is 0 Å². The third-order valence-electron chi connectivity index (χ3n) is 4.65. The summed E-state index contributed by atoms with van der Waals surface area (Å²) in [5.41, 5.74) is 0.712. The average molecular weight is 347 g/mol. The Kier molecular flexibility index (Phi) is 5.88. The predicted octanol–water partition coefficient (Wildman–Crippen LogP) is 0.718. The van der Waals surface area contributed by atoms with Crippen LogP contribution in [-0.4, -0.2) is 63.2 Å². The van der Waals surface area contributed by atoms with Crippen LogP contribution in [0.3, 0.4) is 0 Å². The van der Waals surface area contributed by atoms with Crippen LogP contribution in [0.25, 0.3) is 0 Å². The number of methoxy groups -OCH3 is 1. The van der Waals surface area contributed by atoms with Gasteiger partial charge in [-0.15, -0.1) is 0 Å². The molecule has 2 fully saturated rings. The second kappa shape index (κ2) is 8.31. The van der Waals surface area contributed by atoms with Crippen molar-refractivity contribution in [2.24, 2.45) is 11.8 Å². The van der Waals surface area contributed by atoms with Crippen LogP contribution >= 0.6 is 0 Å². The van der Waals surface area contributed by atoms with Crippen molar-refractivity contribution >= 4 is 17.5 Å². The van der Waals surface area contributed by atoms with E-state index in [1.807, 2.05) is 0 Å². The first-order chi connectivity index (χ1) is 12.2. The first-order valence-corrected chi connectivity index (χ1v) is 8.70. The topological polar surface area (TPSA) is 79.9 Å². The Bertz CT molecular complexity index is 599.